The third kappa shape index (κ3) is 4.52. The summed E-state index contributed by atoms with van der Waals surface area (Å²) < 4.78 is 13.5. The van der Waals surface area contributed by atoms with Gasteiger partial charge in [-0.15, -0.1) is 0 Å². The van der Waals surface area contributed by atoms with Crippen molar-refractivity contribution in [2.24, 2.45) is 5.92 Å². The molecular formula is C22H23N3O3. The van der Waals surface area contributed by atoms with Gasteiger partial charge >= 0.3 is 0 Å². The number of nitrogens with zero attached hydrogens (tertiary/aromatic N) is 2. The lowest BCUT2D eigenvalue weighted by Gasteiger charge is -2.11. The summed E-state index contributed by atoms with van der Waals surface area (Å²) in [6, 6.07) is 11.3. The van der Waals surface area contributed by atoms with Crippen molar-refractivity contribution in [1.29, 1.82) is 0 Å². The van der Waals surface area contributed by atoms with Crippen LogP contribution in [0.4, 0.5) is 5.69 Å². The van der Waals surface area contributed by atoms with Gasteiger partial charge < -0.3 is 19.0 Å². The summed E-state index contributed by atoms with van der Waals surface area (Å²) in [5.74, 6) is 3.31. The number of para-hydroxylation sites is 2. The van der Waals surface area contributed by atoms with Crippen LogP contribution in [0.1, 0.15) is 30.8 Å². The first kappa shape index (κ1) is 18.1. The van der Waals surface area contributed by atoms with Crippen molar-refractivity contribution in [2.75, 3.05) is 11.9 Å². The van der Waals surface area contributed by atoms with Crippen molar-refractivity contribution in [2.45, 2.75) is 25.8 Å². The molecule has 6 nitrogen and oxygen atoms in total. The molecule has 0 saturated heterocycles. The van der Waals surface area contributed by atoms with E-state index in [4.69, 9.17) is 9.15 Å². The van der Waals surface area contributed by atoms with E-state index in [0.29, 0.717) is 42.2 Å². The molecule has 4 rings (SSSR count). The second-order valence-corrected chi connectivity index (χ2v) is 7.03. The predicted octanol–water partition coefficient (Wildman–Crippen LogP) is 4.33. The summed E-state index contributed by atoms with van der Waals surface area (Å²) in [6.07, 6.45) is 9.69. The van der Waals surface area contributed by atoms with E-state index in [2.05, 4.69) is 17.2 Å². The Morgan fingerprint density at radius 3 is 3.00 bits per heavy atom. The van der Waals surface area contributed by atoms with Gasteiger partial charge in [0.25, 0.3) is 0 Å². The highest BCUT2D eigenvalue weighted by molar-refractivity contribution is 6.02. The fourth-order valence-electron chi connectivity index (χ4n) is 3.08. The van der Waals surface area contributed by atoms with E-state index >= 15 is 0 Å². The van der Waals surface area contributed by atoms with Crippen molar-refractivity contribution < 1.29 is 13.9 Å². The molecule has 3 aromatic rings. The van der Waals surface area contributed by atoms with Crippen molar-refractivity contribution in [3.8, 4) is 5.75 Å². The Bertz CT molecular complexity index is 959. The Kier molecular flexibility index (Phi) is 5.28. The number of aromatic nitrogens is 2. The molecule has 1 N–H and O–H groups in total. The van der Waals surface area contributed by atoms with E-state index in [0.717, 1.165) is 5.76 Å². The van der Waals surface area contributed by atoms with Gasteiger partial charge in [-0.05, 0) is 42.7 Å². The zero-order valence-electron chi connectivity index (χ0n) is 15.7. The predicted molar refractivity (Wildman–Crippen MR) is 107 cm³/mol. The van der Waals surface area contributed by atoms with Gasteiger partial charge in [-0.3, -0.25) is 4.79 Å². The van der Waals surface area contributed by atoms with Crippen LogP contribution in [-0.2, 0) is 11.3 Å². The number of carbonyl (C=O) groups excluding carboxylic acids is 1. The normalized spacial score (nSPS) is 18.3. The number of carbonyl (C=O) groups is 1. The van der Waals surface area contributed by atoms with Gasteiger partial charge in [0.1, 0.15) is 23.9 Å². The first-order valence-electron chi connectivity index (χ1n) is 9.45. The number of amides is 1. The number of furan rings is 1. The third-order valence-corrected chi connectivity index (χ3v) is 4.83. The molecule has 1 aliphatic carbocycles. The van der Waals surface area contributed by atoms with Crippen LogP contribution in [-0.4, -0.2) is 22.1 Å². The quantitative estimate of drug-likeness (QED) is 0.593. The van der Waals surface area contributed by atoms with E-state index < -0.39 is 0 Å². The van der Waals surface area contributed by atoms with Gasteiger partial charge in [0.05, 0.1) is 18.6 Å². The lowest BCUT2D eigenvalue weighted by atomic mass is 10.2. The van der Waals surface area contributed by atoms with Gasteiger partial charge in [-0.25, -0.2) is 4.98 Å². The van der Waals surface area contributed by atoms with Crippen LogP contribution in [0.15, 0.2) is 65.6 Å². The zero-order valence-corrected chi connectivity index (χ0v) is 15.7. The molecular weight excluding hydrogens is 354 g/mol. The minimum Gasteiger partial charge on any atom is -0.490 e. The summed E-state index contributed by atoms with van der Waals surface area (Å²) in [4.78, 5) is 16.3. The van der Waals surface area contributed by atoms with E-state index in [1.165, 1.54) is 12.5 Å². The second kappa shape index (κ2) is 8.17. The molecule has 0 radical (unpaired) electrons. The number of nitrogens with one attached hydrogen (secondary N) is 1. The SMILES string of the molecule is CC1CC1c1ccc(/C=C/C(=O)Nc2ccccc2OCCn2ccnc2)o1. The Morgan fingerprint density at radius 2 is 2.21 bits per heavy atom. The number of hydrogen-bond acceptors (Lipinski definition) is 4. The molecule has 2 atom stereocenters. The molecule has 2 heterocycles. The number of ether oxygens (including phenoxy) is 1. The van der Waals surface area contributed by atoms with E-state index in [-0.39, 0.29) is 5.91 Å². The van der Waals surface area contributed by atoms with E-state index in [9.17, 15) is 4.79 Å². The standard InChI is InChI=1S/C22H23N3O3/c1-16-14-18(16)20-8-6-17(28-20)7-9-22(26)24-19-4-2-3-5-21(19)27-13-12-25-11-10-23-15-25/h2-11,15-16,18H,12-14H2,1H3,(H,24,26)/b9-7+. The van der Waals surface area contributed by atoms with Gasteiger partial charge in [0.2, 0.25) is 5.91 Å². The average Bonchev–Trinajstić information content (AvgIpc) is 3.09. The second-order valence-electron chi connectivity index (χ2n) is 7.03. The van der Waals surface area contributed by atoms with Gasteiger partial charge in [-0.1, -0.05) is 19.1 Å². The van der Waals surface area contributed by atoms with Crippen molar-refractivity contribution in [3.05, 3.63) is 72.7 Å². The molecule has 144 valence electrons. The molecule has 1 aliphatic rings. The highest BCUT2D eigenvalue weighted by atomic mass is 16.5. The highest BCUT2D eigenvalue weighted by Crippen LogP contribution is 2.47. The molecule has 0 spiro atoms. The van der Waals surface area contributed by atoms with Crippen LogP contribution < -0.4 is 10.1 Å². The van der Waals surface area contributed by atoms with E-state index in [1.54, 1.807) is 18.6 Å². The fourth-order valence-corrected chi connectivity index (χ4v) is 3.08. The van der Waals surface area contributed by atoms with Gasteiger partial charge in [0, 0.05) is 24.4 Å². The number of imidazole rings is 1. The molecule has 1 aromatic carbocycles. The van der Waals surface area contributed by atoms with Crippen LogP contribution >= 0.6 is 0 Å². The van der Waals surface area contributed by atoms with E-state index in [1.807, 2.05) is 47.2 Å². The molecule has 1 fully saturated rings. The Labute approximate surface area is 163 Å². The minimum atomic E-state index is -0.233. The summed E-state index contributed by atoms with van der Waals surface area (Å²) in [6.45, 7) is 3.38. The smallest absolute Gasteiger partial charge is 0.248 e. The van der Waals surface area contributed by atoms with Crippen LogP contribution in [0, 0.1) is 5.92 Å². The molecule has 1 saturated carbocycles. The zero-order chi connectivity index (χ0) is 19.3. The minimum absolute atomic E-state index is 0.233. The number of hydrogen-bond donors (Lipinski definition) is 1. The maximum absolute atomic E-state index is 12.3. The summed E-state index contributed by atoms with van der Waals surface area (Å²) in [5, 5.41) is 2.86. The lowest BCUT2D eigenvalue weighted by Crippen LogP contribution is -2.11. The Morgan fingerprint density at radius 1 is 1.36 bits per heavy atom. The van der Waals surface area contributed by atoms with Crippen molar-refractivity contribution in [3.63, 3.8) is 0 Å². The molecule has 2 unspecified atom stereocenters. The summed E-state index contributed by atoms with van der Waals surface area (Å²) in [7, 11) is 0. The van der Waals surface area contributed by atoms with Crippen LogP contribution in [0.5, 0.6) is 5.75 Å². The monoisotopic (exact) mass is 377 g/mol. The number of rotatable bonds is 8. The fraction of sp³-hybridized carbons (Fsp3) is 0.273. The molecule has 2 aromatic heterocycles. The maximum atomic E-state index is 12.3. The largest absolute Gasteiger partial charge is 0.490 e. The van der Waals surface area contributed by atoms with Crippen molar-refractivity contribution >= 4 is 17.7 Å². The highest BCUT2D eigenvalue weighted by Gasteiger charge is 2.36. The number of benzene rings is 1. The lowest BCUT2D eigenvalue weighted by molar-refractivity contribution is -0.111. The first-order chi connectivity index (χ1) is 13.7. The topological polar surface area (TPSA) is 69.3 Å². The van der Waals surface area contributed by atoms with Crippen LogP contribution in [0.25, 0.3) is 6.08 Å². The van der Waals surface area contributed by atoms with Gasteiger partial charge in [-0.2, -0.15) is 0 Å². The number of anilines is 1. The Balaban J connectivity index is 1.33. The van der Waals surface area contributed by atoms with Gasteiger partial charge in [0.15, 0.2) is 0 Å². The maximum Gasteiger partial charge on any atom is 0.248 e. The average molecular weight is 377 g/mol. The van der Waals surface area contributed by atoms with Crippen LogP contribution in [0.3, 0.4) is 0 Å². The first-order valence-corrected chi connectivity index (χ1v) is 9.45. The summed E-state index contributed by atoms with van der Waals surface area (Å²) in [5.41, 5.74) is 0.634. The Hall–Kier alpha value is -3.28. The molecule has 6 heteroatoms. The van der Waals surface area contributed by atoms with Crippen LogP contribution in [0.2, 0.25) is 0 Å². The molecule has 28 heavy (non-hydrogen) atoms. The summed E-state index contributed by atoms with van der Waals surface area (Å²) >= 11 is 0. The molecule has 0 bridgehead atoms. The molecule has 0 aliphatic heterocycles. The van der Waals surface area contributed by atoms with Crippen molar-refractivity contribution in [1.82, 2.24) is 9.55 Å². The molecule has 1 amide bonds. The third-order valence-electron chi connectivity index (χ3n) is 4.83.